The molecule has 0 saturated carbocycles. The Kier molecular flexibility index (Phi) is 4.89. The number of nitriles is 1. The molecule has 116 valence electrons. The Hall–Kier alpha value is -3.40. The van der Waals surface area contributed by atoms with Gasteiger partial charge in [0.15, 0.2) is 11.5 Å². The third-order valence-electron chi connectivity index (χ3n) is 2.91. The van der Waals surface area contributed by atoms with Gasteiger partial charge in [0.25, 0.3) is 0 Å². The third-order valence-corrected chi connectivity index (χ3v) is 2.91. The lowest BCUT2D eigenvalue weighted by molar-refractivity contribution is -0.385. The number of methoxy groups -OCH3 is 1. The van der Waals surface area contributed by atoms with Crippen LogP contribution in [0.4, 0.5) is 5.69 Å². The second-order valence-corrected chi connectivity index (χ2v) is 4.40. The maximum absolute atomic E-state index is 10.8. The third kappa shape index (κ3) is 3.63. The molecule has 0 fully saturated rings. The molecule has 0 saturated heterocycles. The zero-order valence-electron chi connectivity index (χ0n) is 12.5. The van der Waals surface area contributed by atoms with Crippen LogP contribution in [0, 0.1) is 21.4 Å². The molecule has 0 aliphatic rings. The number of nitrogens with zero attached hydrogens (tertiary/aromatic N) is 3. The van der Waals surface area contributed by atoms with Crippen LogP contribution in [-0.4, -0.2) is 17.0 Å². The molecule has 23 heavy (non-hydrogen) atoms. The van der Waals surface area contributed by atoms with Gasteiger partial charge in [-0.1, -0.05) is 18.2 Å². The van der Waals surface area contributed by atoms with Crippen LogP contribution < -0.4 is 9.47 Å². The van der Waals surface area contributed by atoms with E-state index in [4.69, 9.17) is 14.7 Å². The summed E-state index contributed by atoms with van der Waals surface area (Å²) in [5.41, 5.74) is 0.262. The number of benzene rings is 1. The van der Waals surface area contributed by atoms with Gasteiger partial charge in [0.05, 0.1) is 12.0 Å². The lowest BCUT2D eigenvalue weighted by Gasteiger charge is -2.10. The van der Waals surface area contributed by atoms with Gasteiger partial charge < -0.3 is 9.47 Å². The van der Waals surface area contributed by atoms with E-state index >= 15 is 0 Å². The van der Waals surface area contributed by atoms with Crippen molar-refractivity contribution >= 4 is 11.8 Å². The van der Waals surface area contributed by atoms with Crippen LogP contribution in [0.3, 0.4) is 0 Å². The molecule has 0 amide bonds. The molecule has 0 aliphatic heterocycles. The molecule has 0 N–H and O–H groups in total. The summed E-state index contributed by atoms with van der Waals surface area (Å²) in [6, 6.07) is 9.51. The molecule has 0 aliphatic carbocycles. The molecule has 1 aromatic heterocycles. The summed E-state index contributed by atoms with van der Waals surface area (Å²) in [5, 5.41) is 19.7. The first-order valence-electron chi connectivity index (χ1n) is 6.63. The van der Waals surface area contributed by atoms with Crippen molar-refractivity contribution in [2.75, 3.05) is 7.11 Å². The molecule has 7 nitrogen and oxygen atoms in total. The number of allylic oxidation sites excluding steroid dienone is 1. The Balaban J connectivity index is 2.36. The normalized spacial score (nSPS) is 10.3. The Morgan fingerprint density at radius 2 is 2.09 bits per heavy atom. The number of ether oxygens (including phenoxy) is 2. The zero-order chi connectivity index (χ0) is 16.8. The van der Waals surface area contributed by atoms with Gasteiger partial charge in [-0.25, -0.2) is 0 Å². The van der Waals surface area contributed by atoms with E-state index in [-0.39, 0.29) is 17.3 Å². The number of hydrogen-bond donors (Lipinski definition) is 0. The second-order valence-electron chi connectivity index (χ2n) is 4.40. The average Bonchev–Trinajstić information content (AvgIpc) is 2.56. The summed E-state index contributed by atoms with van der Waals surface area (Å²) < 4.78 is 10.8. The largest absolute Gasteiger partial charge is 0.493 e. The fourth-order valence-electron chi connectivity index (χ4n) is 1.90. The Bertz CT molecular complexity index is 809. The van der Waals surface area contributed by atoms with Crippen LogP contribution in [-0.2, 0) is 0 Å². The Morgan fingerprint density at radius 3 is 2.70 bits per heavy atom. The van der Waals surface area contributed by atoms with Crippen LogP contribution in [0.1, 0.15) is 18.2 Å². The molecular formula is C16H13N3O4. The molecule has 0 unspecified atom stereocenters. The number of hydrogen-bond acceptors (Lipinski definition) is 6. The van der Waals surface area contributed by atoms with Crippen LogP contribution in [0.5, 0.6) is 17.4 Å². The van der Waals surface area contributed by atoms with Crippen LogP contribution in [0.15, 0.2) is 36.4 Å². The fraction of sp³-hybridized carbons (Fsp3) is 0.125. The smallest absolute Gasteiger partial charge is 0.305 e. The SMILES string of the molecule is C/C=C/c1ccc(Oc2ccc([N+](=O)[O-])c(C#N)n2)c(OC)c1. The minimum atomic E-state index is -0.665. The van der Waals surface area contributed by atoms with E-state index < -0.39 is 4.92 Å². The summed E-state index contributed by atoms with van der Waals surface area (Å²) in [6.45, 7) is 1.90. The van der Waals surface area contributed by atoms with E-state index in [1.165, 1.54) is 19.2 Å². The van der Waals surface area contributed by atoms with Crippen molar-refractivity contribution in [3.63, 3.8) is 0 Å². The molecule has 0 radical (unpaired) electrons. The monoisotopic (exact) mass is 311 g/mol. The van der Waals surface area contributed by atoms with Crippen molar-refractivity contribution in [2.24, 2.45) is 0 Å². The van der Waals surface area contributed by atoms with Gasteiger partial charge >= 0.3 is 5.69 Å². The minimum absolute atomic E-state index is 0.0734. The van der Waals surface area contributed by atoms with Crippen molar-refractivity contribution in [1.82, 2.24) is 4.98 Å². The van der Waals surface area contributed by atoms with E-state index in [1.54, 1.807) is 18.2 Å². The Labute approximate surface area is 132 Å². The molecule has 0 bridgehead atoms. The number of aromatic nitrogens is 1. The molecule has 0 atom stereocenters. The maximum Gasteiger partial charge on any atom is 0.305 e. The molecule has 1 heterocycles. The van der Waals surface area contributed by atoms with E-state index in [9.17, 15) is 10.1 Å². The highest BCUT2D eigenvalue weighted by Crippen LogP contribution is 2.32. The molecule has 2 aromatic rings. The first kappa shape index (κ1) is 16.0. The summed E-state index contributed by atoms with van der Waals surface area (Å²) >= 11 is 0. The second kappa shape index (κ2) is 7.04. The average molecular weight is 311 g/mol. The zero-order valence-corrected chi connectivity index (χ0v) is 12.5. The molecule has 0 spiro atoms. The topological polar surface area (TPSA) is 98.3 Å². The van der Waals surface area contributed by atoms with Crippen LogP contribution in [0.2, 0.25) is 0 Å². The summed E-state index contributed by atoms with van der Waals surface area (Å²) in [5.74, 6) is 0.953. The quantitative estimate of drug-likeness (QED) is 0.616. The van der Waals surface area contributed by atoms with Crippen molar-refractivity contribution in [1.29, 1.82) is 5.26 Å². The lowest BCUT2D eigenvalue weighted by Crippen LogP contribution is -1.98. The highest BCUT2D eigenvalue weighted by molar-refractivity contribution is 5.56. The van der Waals surface area contributed by atoms with Gasteiger partial charge in [0, 0.05) is 12.1 Å². The van der Waals surface area contributed by atoms with Crippen LogP contribution in [0.25, 0.3) is 6.08 Å². The van der Waals surface area contributed by atoms with Crippen molar-refractivity contribution in [3.05, 3.63) is 57.8 Å². The lowest BCUT2D eigenvalue weighted by atomic mass is 10.2. The van der Waals surface area contributed by atoms with Crippen molar-refractivity contribution < 1.29 is 14.4 Å². The van der Waals surface area contributed by atoms with Gasteiger partial charge in [-0.3, -0.25) is 10.1 Å². The van der Waals surface area contributed by atoms with Crippen molar-refractivity contribution in [2.45, 2.75) is 6.92 Å². The van der Waals surface area contributed by atoms with Crippen molar-refractivity contribution in [3.8, 4) is 23.4 Å². The fourth-order valence-corrected chi connectivity index (χ4v) is 1.90. The standard InChI is InChI=1S/C16H13N3O4/c1-3-4-11-5-7-14(15(9-11)22-2)23-16-8-6-13(19(20)21)12(10-17)18-16/h3-9H,1-2H3/b4-3+. The predicted octanol–water partition coefficient (Wildman–Crippen LogP) is 3.70. The highest BCUT2D eigenvalue weighted by Gasteiger charge is 2.17. The van der Waals surface area contributed by atoms with Gasteiger partial charge in [-0.05, 0) is 24.6 Å². The highest BCUT2D eigenvalue weighted by atomic mass is 16.6. The molecule has 1 aromatic carbocycles. The molecule has 7 heteroatoms. The molecular weight excluding hydrogens is 298 g/mol. The van der Waals surface area contributed by atoms with Gasteiger partial charge in [-0.15, -0.1) is 0 Å². The van der Waals surface area contributed by atoms with Gasteiger partial charge in [0.2, 0.25) is 11.6 Å². The first-order valence-corrected chi connectivity index (χ1v) is 6.63. The summed E-state index contributed by atoms with van der Waals surface area (Å²) in [6.07, 6.45) is 3.80. The minimum Gasteiger partial charge on any atom is -0.493 e. The van der Waals surface area contributed by atoms with E-state index in [2.05, 4.69) is 4.98 Å². The maximum atomic E-state index is 10.8. The number of nitro groups is 1. The number of rotatable bonds is 5. The Morgan fingerprint density at radius 1 is 1.30 bits per heavy atom. The molecule has 2 rings (SSSR count). The van der Waals surface area contributed by atoms with Gasteiger partial charge in [0.1, 0.15) is 6.07 Å². The predicted molar refractivity (Wildman–Crippen MR) is 83.4 cm³/mol. The first-order chi connectivity index (χ1) is 11.1. The number of pyridine rings is 1. The van der Waals surface area contributed by atoms with E-state index in [0.29, 0.717) is 11.5 Å². The van der Waals surface area contributed by atoms with Gasteiger partial charge in [-0.2, -0.15) is 10.2 Å². The van der Waals surface area contributed by atoms with Crippen LogP contribution >= 0.6 is 0 Å². The van der Waals surface area contributed by atoms with E-state index in [1.807, 2.05) is 25.1 Å². The summed E-state index contributed by atoms with van der Waals surface area (Å²) in [4.78, 5) is 14.0. The van der Waals surface area contributed by atoms with E-state index in [0.717, 1.165) is 5.56 Å². The summed E-state index contributed by atoms with van der Waals surface area (Å²) in [7, 11) is 1.51.